The monoisotopic (exact) mass is 267 g/mol. The zero-order valence-electron chi connectivity index (χ0n) is 12.3. The van der Waals surface area contributed by atoms with E-state index in [1.165, 1.54) is 0 Å². The molecule has 1 heterocycles. The van der Waals surface area contributed by atoms with Crippen LogP contribution in [0.5, 0.6) is 0 Å². The Balaban J connectivity index is 2.72. The SMILES string of the molecule is C[C@@H](O)c1cccc(CO[Si](C)(C)C(C)(C)C)n1. The van der Waals surface area contributed by atoms with Gasteiger partial charge in [-0.3, -0.25) is 4.98 Å². The summed E-state index contributed by atoms with van der Waals surface area (Å²) in [5.41, 5.74) is 1.59. The van der Waals surface area contributed by atoms with Crippen molar-refractivity contribution in [2.45, 2.75) is 58.5 Å². The van der Waals surface area contributed by atoms with E-state index in [1.54, 1.807) is 6.92 Å². The number of rotatable bonds is 4. The number of hydrogen-bond acceptors (Lipinski definition) is 3. The number of aromatic nitrogens is 1. The van der Waals surface area contributed by atoms with Crippen LogP contribution < -0.4 is 0 Å². The second-order valence-electron chi connectivity index (χ2n) is 6.28. The van der Waals surface area contributed by atoms with Crippen LogP contribution in [0.25, 0.3) is 0 Å². The Hall–Kier alpha value is -0.713. The molecule has 0 saturated heterocycles. The number of hydrogen-bond donors (Lipinski definition) is 1. The summed E-state index contributed by atoms with van der Waals surface area (Å²) in [5.74, 6) is 0. The molecule has 1 rings (SSSR count). The summed E-state index contributed by atoms with van der Waals surface area (Å²) < 4.78 is 6.11. The third-order valence-electron chi connectivity index (χ3n) is 3.64. The minimum atomic E-state index is -1.73. The predicted molar refractivity (Wildman–Crippen MR) is 76.9 cm³/mol. The van der Waals surface area contributed by atoms with Gasteiger partial charge in [0.2, 0.25) is 0 Å². The van der Waals surface area contributed by atoms with Gasteiger partial charge in [-0.1, -0.05) is 26.8 Å². The molecule has 1 atom stereocenters. The lowest BCUT2D eigenvalue weighted by Crippen LogP contribution is -2.40. The van der Waals surface area contributed by atoms with Gasteiger partial charge in [0, 0.05) is 0 Å². The van der Waals surface area contributed by atoms with E-state index in [4.69, 9.17) is 4.43 Å². The lowest BCUT2D eigenvalue weighted by atomic mass is 10.2. The zero-order chi connectivity index (χ0) is 14.0. The molecule has 1 aromatic heterocycles. The van der Waals surface area contributed by atoms with E-state index in [0.29, 0.717) is 12.3 Å². The van der Waals surface area contributed by atoms with Crippen LogP contribution in [0.2, 0.25) is 18.1 Å². The van der Waals surface area contributed by atoms with Crippen molar-refractivity contribution in [1.29, 1.82) is 0 Å². The highest BCUT2D eigenvalue weighted by molar-refractivity contribution is 6.74. The van der Waals surface area contributed by atoms with Crippen molar-refractivity contribution in [3.8, 4) is 0 Å². The number of nitrogens with zero attached hydrogens (tertiary/aromatic N) is 1. The normalized spacial score (nSPS) is 14.6. The van der Waals surface area contributed by atoms with Gasteiger partial charge in [0.05, 0.1) is 24.1 Å². The molecule has 4 heteroatoms. The van der Waals surface area contributed by atoms with E-state index in [0.717, 1.165) is 5.69 Å². The zero-order valence-corrected chi connectivity index (χ0v) is 13.3. The Labute approximate surface area is 111 Å². The van der Waals surface area contributed by atoms with Gasteiger partial charge in [0.15, 0.2) is 8.32 Å². The Morgan fingerprint density at radius 2 is 1.94 bits per heavy atom. The third kappa shape index (κ3) is 3.90. The molecule has 0 aromatic carbocycles. The second-order valence-corrected chi connectivity index (χ2v) is 11.1. The smallest absolute Gasteiger partial charge is 0.192 e. The Kier molecular flexibility index (Phi) is 4.70. The average molecular weight is 267 g/mol. The van der Waals surface area contributed by atoms with Crippen LogP contribution in [0.4, 0.5) is 0 Å². The van der Waals surface area contributed by atoms with Gasteiger partial charge < -0.3 is 9.53 Å². The first kappa shape index (κ1) is 15.3. The quantitative estimate of drug-likeness (QED) is 0.847. The first-order valence-electron chi connectivity index (χ1n) is 6.41. The van der Waals surface area contributed by atoms with Crippen molar-refractivity contribution in [2.24, 2.45) is 0 Å². The third-order valence-corrected chi connectivity index (χ3v) is 8.12. The van der Waals surface area contributed by atoms with Crippen molar-refractivity contribution in [3.63, 3.8) is 0 Å². The van der Waals surface area contributed by atoms with Crippen molar-refractivity contribution in [2.75, 3.05) is 0 Å². The molecule has 0 aliphatic heterocycles. The van der Waals surface area contributed by atoms with Gasteiger partial charge in [-0.25, -0.2) is 0 Å². The number of aliphatic hydroxyl groups excluding tert-OH is 1. The first-order chi connectivity index (χ1) is 8.13. The highest BCUT2D eigenvalue weighted by Gasteiger charge is 2.37. The Morgan fingerprint density at radius 3 is 2.44 bits per heavy atom. The van der Waals surface area contributed by atoms with Crippen molar-refractivity contribution >= 4 is 8.32 Å². The van der Waals surface area contributed by atoms with E-state index < -0.39 is 14.4 Å². The molecule has 0 unspecified atom stereocenters. The van der Waals surface area contributed by atoms with E-state index >= 15 is 0 Å². The first-order valence-corrected chi connectivity index (χ1v) is 9.32. The minimum Gasteiger partial charge on any atom is -0.411 e. The molecule has 0 bridgehead atoms. The largest absolute Gasteiger partial charge is 0.411 e. The summed E-state index contributed by atoms with van der Waals surface area (Å²) in [7, 11) is -1.73. The molecule has 0 aliphatic rings. The maximum atomic E-state index is 9.51. The standard InChI is InChI=1S/C14H25NO2Si/c1-11(16)13-9-7-8-12(15-13)10-17-18(5,6)14(2,3)4/h7-9,11,16H,10H2,1-6H3/t11-/m1/s1. The summed E-state index contributed by atoms with van der Waals surface area (Å²) in [6.45, 7) is 13.4. The van der Waals surface area contributed by atoms with Crippen molar-refractivity contribution < 1.29 is 9.53 Å². The van der Waals surface area contributed by atoms with E-state index in [2.05, 4.69) is 38.8 Å². The predicted octanol–water partition coefficient (Wildman–Crippen LogP) is 3.66. The Morgan fingerprint density at radius 1 is 1.33 bits per heavy atom. The molecule has 3 nitrogen and oxygen atoms in total. The molecule has 1 aromatic rings. The fourth-order valence-electron chi connectivity index (χ4n) is 1.28. The maximum Gasteiger partial charge on any atom is 0.192 e. The lowest BCUT2D eigenvalue weighted by Gasteiger charge is -2.36. The van der Waals surface area contributed by atoms with Crippen LogP contribution in [0.3, 0.4) is 0 Å². The highest BCUT2D eigenvalue weighted by Crippen LogP contribution is 2.36. The van der Waals surface area contributed by atoms with Crippen LogP contribution in [0, 0.1) is 0 Å². The van der Waals surface area contributed by atoms with Crippen LogP contribution in [-0.4, -0.2) is 18.4 Å². The molecule has 0 aliphatic carbocycles. The van der Waals surface area contributed by atoms with Gasteiger partial charge in [-0.05, 0) is 37.2 Å². The molecule has 0 fully saturated rings. The van der Waals surface area contributed by atoms with Gasteiger partial charge in [0.25, 0.3) is 0 Å². The van der Waals surface area contributed by atoms with Crippen LogP contribution in [0.1, 0.15) is 45.2 Å². The number of aliphatic hydroxyl groups is 1. The van der Waals surface area contributed by atoms with Crippen LogP contribution >= 0.6 is 0 Å². The van der Waals surface area contributed by atoms with Crippen LogP contribution in [-0.2, 0) is 11.0 Å². The lowest BCUT2D eigenvalue weighted by molar-refractivity contribution is 0.193. The summed E-state index contributed by atoms with van der Waals surface area (Å²) in [6, 6.07) is 5.69. The molecule has 1 N–H and O–H groups in total. The van der Waals surface area contributed by atoms with E-state index in [-0.39, 0.29) is 5.04 Å². The van der Waals surface area contributed by atoms with Crippen molar-refractivity contribution in [3.05, 3.63) is 29.6 Å². The maximum absolute atomic E-state index is 9.51. The molecule has 0 radical (unpaired) electrons. The summed E-state index contributed by atoms with van der Waals surface area (Å²) >= 11 is 0. The molecule has 0 saturated carbocycles. The molecular weight excluding hydrogens is 242 g/mol. The topological polar surface area (TPSA) is 42.4 Å². The molecule has 102 valence electrons. The van der Waals surface area contributed by atoms with Gasteiger partial charge >= 0.3 is 0 Å². The van der Waals surface area contributed by atoms with Crippen LogP contribution in [0.15, 0.2) is 18.2 Å². The average Bonchev–Trinajstić information content (AvgIpc) is 2.25. The highest BCUT2D eigenvalue weighted by atomic mass is 28.4. The van der Waals surface area contributed by atoms with Crippen molar-refractivity contribution in [1.82, 2.24) is 4.98 Å². The van der Waals surface area contributed by atoms with Gasteiger partial charge in [-0.15, -0.1) is 0 Å². The van der Waals surface area contributed by atoms with Gasteiger partial charge in [-0.2, -0.15) is 0 Å². The summed E-state index contributed by atoms with van der Waals surface area (Å²) in [4.78, 5) is 4.40. The minimum absolute atomic E-state index is 0.203. The Bertz CT molecular complexity index is 397. The molecule has 18 heavy (non-hydrogen) atoms. The van der Waals surface area contributed by atoms with E-state index in [1.807, 2.05) is 18.2 Å². The summed E-state index contributed by atoms with van der Waals surface area (Å²) in [5, 5.41) is 9.71. The molecule has 0 amide bonds. The second kappa shape index (κ2) is 5.51. The fraction of sp³-hybridized carbons (Fsp3) is 0.643. The molecular formula is C14H25NO2Si. The molecule has 0 spiro atoms. The summed E-state index contributed by atoms with van der Waals surface area (Å²) in [6.07, 6.45) is -0.530. The van der Waals surface area contributed by atoms with E-state index in [9.17, 15) is 5.11 Å². The number of pyridine rings is 1. The fourth-order valence-corrected chi connectivity index (χ4v) is 2.22. The van der Waals surface area contributed by atoms with Gasteiger partial charge in [0.1, 0.15) is 0 Å².